The van der Waals surface area contributed by atoms with Crippen LogP contribution in [0.2, 0.25) is 0 Å². The van der Waals surface area contributed by atoms with Gasteiger partial charge in [-0.3, -0.25) is 0 Å². The van der Waals surface area contributed by atoms with Crippen molar-refractivity contribution in [2.45, 2.75) is 58.1 Å². The summed E-state index contributed by atoms with van der Waals surface area (Å²) in [6.07, 6.45) is 6.19. The zero-order chi connectivity index (χ0) is 13.0. The van der Waals surface area contributed by atoms with Crippen molar-refractivity contribution in [2.75, 3.05) is 11.4 Å². The van der Waals surface area contributed by atoms with E-state index in [4.69, 9.17) is 0 Å². The largest absolute Gasteiger partial charge is 0.389 e. The van der Waals surface area contributed by atoms with Crippen LogP contribution in [0.25, 0.3) is 0 Å². The van der Waals surface area contributed by atoms with E-state index in [1.54, 1.807) is 0 Å². The van der Waals surface area contributed by atoms with E-state index in [1.807, 2.05) is 6.92 Å². The van der Waals surface area contributed by atoms with Crippen molar-refractivity contribution in [1.82, 2.24) is 0 Å². The third-order valence-corrected chi connectivity index (χ3v) is 4.06. The third kappa shape index (κ3) is 3.05. The molecule has 0 aliphatic carbocycles. The molecule has 1 saturated heterocycles. The van der Waals surface area contributed by atoms with Gasteiger partial charge in [-0.1, -0.05) is 31.9 Å². The standard InChI is InChI=1S/C16H25NO/c1-3-15-7-5-4-6-12-17(15)16-10-8-14(9-11-16)13(2)18/h8-11,13,15,18H,3-7,12H2,1-2H3/t13-,15?/m0/s1. The second-order valence-electron chi connectivity index (χ2n) is 5.37. The average molecular weight is 247 g/mol. The Morgan fingerprint density at radius 3 is 2.56 bits per heavy atom. The van der Waals surface area contributed by atoms with E-state index in [2.05, 4.69) is 36.1 Å². The zero-order valence-electron chi connectivity index (χ0n) is 11.6. The number of rotatable bonds is 3. The topological polar surface area (TPSA) is 23.5 Å². The van der Waals surface area contributed by atoms with Crippen LogP contribution in [0.1, 0.15) is 57.6 Å². The molecule has 1 aliphatic heterocycles. The van der Waals surface area contributed by atoms with Crippen LogP contribution < -0.4 is 4.90 Å². The lowest BCUT2D eigenvalue weighted by molar-refractivity contribution is 0.199. The van der Waals surface area contributed by atoms with Gasteiger partial charge in [-0.2, -0.15) is 0 Å². The SMILES string of the molecule is CCC1CCCCCN1c1ccc([C@H](C)O)cc1. The summed E-state index contributed by atoms with van der Waals surface area (Å²) in [7, 11) is 0. The Kier molecular flexibility index (Phi) is 4.65. The summed E-state index contributed by atoms with van der Waals surface area (Å²) in [5.74, 6) is 0. The van der Waals surface area contributed by atoms with Gasteiger partial charge in [-0.05, 0) is 43.9 Å². The van der Waals surface area contributed by atoms with Gasteiger partial charge in [0.05, 0.1) is 6.10 Å². The van der Waals surface area contributed by atoms with Crippen LogP contribution in [-0.4, -0.2) is 17.7 Å². The highest BCUT2D eigenvalue weighted by molar-refractivity contribution is 5.49. The predicted molar refractivity (Wildman–Crippen MR) is 77.0 cm³/mol. The number of anilines is 1. The second kappa shape index (κ2) is 6.24. The lowest BCUT2D eigenvalue weighted by Gasteiger charge is -2.31. The van der Waals surface area contributed by atoms with Crippen LogP contribution in [-0.2, 0) is 0 Å². The Bertz CT molecular complexity index is 358. The van der Waals surface area contributed by atoms with Crippen molar-refractivity contribution < 1.29 is 5.11 Å². The molecule has 0 radical (unpaired) electrons. The maximum atomic E-state index is 9.55. The van der Waals surface area contributed by atoms with Crippen LogP contribution in [0.3, 0.4) is 0 Å². The van der Waals surface area contributed by atoms with Crippen LogP contribution in [0.15, 0.2) is 24.3 Å². The van der Waals surface area contributed by atoms with Crippen molar-refractivity contribution in [2.24, 2.45) is 0 Å². The van der Waals surface area contributed by atoms with Gasteiger partial charge in [0.15, 0.2) is 0 Å². The molecule has 100 valence electrons. The molecule has 1 aromatic carbocycles. The van der Waals surface area contributed by atoms with Crippen molar-refractivity contribution >= 4 is 5.69 Å². The van der Waals surface area contributed by atoms with E-state index < -0.39 is 0 Å². The summed E-state index contributed by atoms with van der Waals surface area (Å²) in [5.41, 5.74) is 2.31. The summed E-state index contributed by atoms with van der Waals surface area (Å²) in [5, 5.41) is 9.55. The van der Waals surface area contributed by atoms with Gasteiger partial charge in [0.1, 0.15) is 0 Å². The molecule has 2 atom stereocenters. The van der Waals surface area contributed by atoms with E-state index in [0.717, 1.165) is 5.56 Å². The molecule has 0 saturated carbocycles. The third-order valence-electron chi connectivity index (χ3n) is 4.06. The Hall–Kier alpha value is -1.02. The summed E-state index contributed by atoms with van der Waals surface area (Å²) >= 11 is 0. The van der Waals surface area contributed by atoms with E-state index in [9.17, 15) is 5.11 Å². The number of hydrogen-bond acceptors (Lipinski definition) is 2. The summed E-state index contributed by atoms with van der Waals surface area (Å²) in [4.78, 5) is 2.55. The predicted octanol–water partition coefficient (Wildman–Crippen LogP) is 3.90. The first kappa shape index (κ1) is 13.4. The molecule has 1 fully saturated rings. The van der Waals surface area contributed by atoms with Crippen molar-refractivity contribution in [3.05, 3.63) is 29.8 Å². The lowest BCUT2D eigenvalue weighted by Crippen LogP contribution is -2.34. The monoisotopic (exact) mass is 247 g/mol. The molecule has 2 rings (SSSR count). The van der Waals surface area contributed by atoms with Crippen LogP contribution >= 0.6 is 0 Å². The smallest absolute Gasteiger partial charge is 0.0761 e. The van der Waals surface area contributed by atoms with Crippen LogP contribution in [0, 0.1) is 0 Å². The molecule has 18 heavy (non-hydrogen) atoms. The molecule has 1 unspecified atom stereocenters. The Morgan fingerprint density at radius 1 is 1.22 bits per heavy atom. The highest BCUT2D eigenvalue weighted by atomic mass is 16.3. The van der Waals surface area contributed by atoms with Crippen LogP contribution in [0.5, 0.6) is 0 Å². The molecule has 0 aromatic heterocycles. The van der Waals surface area contributed by atoms with Gasteiger partial charge in [0.2, 0.25) is 0 Å². The van der Waals surface area contributed by atoms with E-state index >= 15 is 0 Å². The maximum absolute atomic E-state index is 9.55. The van der Waals surface area contributed by atoms with E-state index in [1.165, 1.54) is 44.3 Å². The minimum Gasteiger partial charge on any atom is -0.389 e. The average Bonchev–Trinajstić information content (AvgIpc) is 2.63. The minimum absolute atomic E-state index is 0.370. The van der Waals surface area contributed by atoms with Gasteiger partial charge in [0.25, 0.3) is 0 Å². The van der Waals surface area contributed by atoms with Gasteiger partial charge in [-0.15, -0.1) is 0 Å². The fraction of sp³-hybridized carbons (Fsp3) is 0.625. The Balaban J connectivity index is 2.16. The number of aliphatic hydroxyl groups is 1. The van der Waals surface area contributed by atoms with Gasteiger partial charge in [-0.25, -0.2) is 0 Å². The molecule has 0 amide bonds. The first-order valence-corrected chi connectivity index (χ1v) is 7.27. The number of benzene rings is 1. The van der Waals surface area contributed by atoms with E-state index in [0.29, 0.717) is 6.04 Å². The normalized spacial score (nSPS) is 22.6. The molecular formula is C16H25NO. The zero-order valence-corrected chi connectivity index (χ0v) is 11.6. The molecule has 0 bridgehead atoms. The van der Waals surface area contributed by atoms with Gasteiger partial charge < -0.3 is 10.0 Å². The molecule has 1 heterocycles. The van der Waals surface area contributed by atoms with Gasteiger partial charge in [0, 0.05) is 18.3 Å². The Labute approximate surface area is 111 Å². The molecule has 1 aliphatic rings. The fourth-order valence-corrected chi connectivity index (χ4v) is 2.89. The summed E-state index contributed by atoms with van der Waals surface area (Å²) < 4.78 is 0. The highest BCUT2D eigenvalue weighted by Gasteiger charge is 2.19. The molecule has 2 heteroatoms. The fourth-order valence-electron chi connectivity index (χ4n) is 2.89. The minimum atomic E-state index is -0.370. The Morgan fingerprint density at radius 2 is 1.94 bits per heavy atom. The number of aliphatic hydroxyl groups excluding tert-OH is 1. The first-order chi connectivity index (χ1) is 8.72. The molecule has 1 N–H and O–H groups in total. The van der Waals surface area contributed by atoms with Crippen LogP contribution in [0.4, 0.5) is 5.69 Å². The number of nitrogens with zero attached hydrogens (tertiary/aromatic N) is 1. The van der Waals surface area contributed by atoms with Crippen molar-refractivity contribution in [3.63, 3.8) is 0 Å². The molecule has 2 nitrogen and oxygen atoms in total. The highest BCUT2D eigenvalue weighted by Crippen LogP contribution is 2.27. The van der Waals surface area contributed by atoms with Gasteiger partial charge >= 0.3 is 0 Å². The second-order valence-corrected chi connectivity index (χ2v) is 5.37. The summed E-state index contributed by atoms with van der Waals surface area (Å²) in [6, 6.07) is 9.12. The summed E-state index contributed by atoms with van der Waals surface area (Å²) in [6.45, 7) is 5.27. The molecule has 1 aromatic rings. The van der Waals surface area contributed by atoms with E-state index in [-0.39, 0.29) is 6.10 Å². The quantitative estimate of drug-likeness (QED) is 0.875. The number of hydrogen-bond donors (Lipinski definition) is 1. The van der Waals surface area contributed by atoms with Crippen molar-refractivity contribution in [1.29, 1.82) is 0 Å². The lowest BCUT2D eigenvalue weighted by atomic mass is 10.1. The first-order valence-electron chi connectivity index (χ1n) is 7.27. The molecular weight excluding hydrogens is 222 g/mol. The molecule has 0 spiro atoms. The maximum Gasteiger partial charge on any atom is 0.0761 e. The van der Waals surface area contributed by atoms with Crippen molar-refractivity contribution in [3.8, 4) is 0 Å².